The largest absolute Gasteiger partial charge is 0.384 e. The molecule has 0 unspecified atom stereocenters. The molecule has 0 atom stereocenters. The summed E-state index contributed by atoms with van der Waals surface area (Å²) < 4.78 is 10.5. The molecule has 0 saturated heterocycles. The summed E-state index contributed by atoms with van der Waals surface area (Å²) in [5.41, 5.74) is 1.76. The van der Waals surface area contributed by atoms with Gasteiger partial charge >= 0.3 is 0 Å². The molecule has 0 heterocycles. The van der Waals surface area contributed by atoms with Crippen LogP contribution in [0.5, 0.6) is 0 Å². The molecule has 2 rings (SSSR count). The minimum absolute atomic E-state index is 0.189. The predicted molar refractivity (Wildman–Crippen MR) is 181 cm³/mol. The third kappa shape index (κ3) is 15.6. The maximum Gasteiger partial charge on any atom is 0.213 e. The van der Waals surface area contributed by atoms with Crippen molar-refractivity contribution < 1.29 is 28.7 Å². The minimum Gasteiger partial charge on any atom is -0.384 e. The number of methoxy groups -OCH3 is 2. The lowest BCUT2D eigenvalue weighted by Crippen LogP contribution is -2.22. The van der Waals surface area contributed by atoms with Gasteiger partial charge in [0.2, 0.25) is 12.8 Å². The van der Waals surface area contributed by atoms with Crippen molar-refractivity contribution in [1.29, 1.82) is 0 Å². The maximum absolute atomic E-state index is 12.4. The van der Waals surface area contributed by atoms with E-state index in [4.69, 9.17) is 9.47 Å². The van der Waals surface area contributed by atoms with Gasteiger partial charge in [-0.1, -0.05) is 74.9 Å². The van der Waals surface area contributed by atoms with Crippen LogP contribution in [0.25, 0.3) is 0 Å². The van der Waals surface area contributed by atoms with Crippen molar-refractivity contribution in [2.24, 2.45) is 11.8 Å². The van der Waals surface area contributed by atoms with Gasteiger partial charge in [0.1, 0.15) is 0 Å². The van der Waals surface area contributed by atoms with Crippen LogP contribution in [0.3, 0.4) is 0 Å². The Morgan fingerprint density at radius 3 is 1.20 bits per heavy atom. The van der Waals surface area contributed by atoms with Crippen LogP contribution < -0.4 is 0 Å². The molecule has 10 heteroatoms. The molecule has 44 heavy (non-hydrogen) atoms. The smallest absolute Gasteiger partial charge is 0.213 e. The summed E-state index contributed by atoms with van der Waals surface area (Å²) in [5, 5.41) is 0.437. The van der Waals surface area contributed by atoms with Gasteiger partial charge < -0.3 is 19.3 Å². The highest BCUT2D eigenvalue weighted by atomic mass is 32.2. The summed E-state index contributed by atoms with van der Waals surface area (Å²) >= 11 is 2.60. The van der Waals surface area contributed by atoms with Gasteiger partial charge in [0.15, 0.2) is 10.2 Å². The molecule has 0 radical (unpaired) electrons. The van der Waals surface area contributed by atoms with Crippen LogP contribution in [0.1, 0.15) is 117 Å². The Kier molecular flexibility index (Phi) is 20.0. The second-order valence-electron chi connectivity index (χ2n) is 12.0. The van der Waals surface area contributed by atoms with Gasteiger partial charge in [-0.25, -0.2) is 0 Å². The third-order valence-corrected chi connectivity index (χ3v) is 10.9. The standard InChI is InChI=1S/C34H56N2O6S2/c1-27(31(19-23-41-3)43-33(39)29-15-16-29)35(25-37)21-13-11-9-7-5-6-8-10-12-14-22-36(26-38)28(2)32(20-24-42-4)44-34(40)30-17-18-30/h25-26,29-30H,5-24H2,1-4H3/b31-27-,32-28-. The molecular weight excluding hydrogens is 597 g/mol. The van der Waals surface area contributed by atoms with E-state index in [-0.39, 0.29) is 22.1 Å². The number of ether oxygens (including phenoxy) is 2. The van der Waals surface area contributed by atoms with Crippen molar-refractivity contribution >= 4 is 46.6 Å². The number of carbonyl (C=O) groups excluding carboxylic acids is 4. The zero-order chi connectivity index (χ0) is 32.2. The SMILES string of the molecule is COCC/C(SC(=O)C1CC1)=C(\C)N(C=O)CCCCCCCCCCCCN(C=O)/C(C)=C(/CCOC)SC(=O)C1CC1. The molecule has 0 aromatic carbocycles. The number of rotatable bonds is 27. The summed E-state index contributed by atoms with van der Waals surface area (Å²) in [6, 6.07) is 0. The van der Waals surface area contributed by atoms with E-state index in [1.807, 2.05) is 13.8 Å². The van der Waals surface area contributed by atoms with Gasteiger partial charge in [-0.15, -0.1) is 0 Å². The highest BCUT2D eigenvalue weighted by Crippen LogP contribution is 2.39. The Hall–Kier alpha value is -1.62. The van der Waals surface area contributed by atoms with E-state index < -0.39 is 0 Å². The Bertz CT molecular complexity index is 885. The number of allylic oxidation sites excluding steroid dienone is 2. The molecule has 0 N–H and O–H groups in total. The lowest BCUT2D eigenvalue weighted by molar-refractivity contribution is -0.117. The predicted octanol–water partition coefficient (Wildman–Crippen LogP) is 7.68. The number of unbranched alkanes of at least 4 members (excludes halogenated alkanes) is 9. The van der Waals surface area contributed by atoms with Crippen LogP contribution in [-0.2, 0) is 28.7 Å². The Labute approximate surface area is 274 Å². The maximum atomic E-state index is 12.4. The van der Waals surface area contributed by atoms with E-state index in [9.17, 15) is 19.2 Å². The summed E-state index contributed by atoms with van der Waals surface area (Å²) in [5.74, 6) is 0.377. The molecule has 250 valence electrons. The summed E-state index contributed by atoms with van der Waals surface area (Å²) in [6.45, 7) is 6.32. The van der Waals surface area contributed by atoms with E-state index >= 15 is 0 Å². The summed E-state index contributed by atoms with van der Waals surface area (Å²) in [4.78, 5) is 53.8. The van der Waals surface area contributed by atoms with Crippen molar-refractivity contribution in [3.63, 3.8) is 0 Å². The number of nitrogens with zero attached hydrogens (tertiary/aromatic N) is 2. The van der Waals surface area contributed by atoms with Crippen LogP contribution in [0, 0.1) is 11.8 Å². The van der Waals surface area contributed by atoms with Crippen LogP contribution in [-0.4, -0.2) is 73.4 Å². The lowest BCUT2D eigenvalue weighted by Gasteiger charge is -2.21. The molecule has 0 spiro atoms. The number of amides is 2. The molecular formula is C34H56N2O6S2. The monoisotopic (exact) mass is 652 g/mol. The van der Waals surface area contributed by atoms with Gasteiger partial charge in [0, 0.05) is 73.2 Å². The molecule has 8 nitrogen and oxygen atoms in total. The first-order valence-electron chi connectivity index (χ1n) is 16.6. The molecule has 0 aliphatic heterocycles. The Morgan fingerprint density at radius 1 is 0.614 bits per heavy atom. The fourth-order valence-electron chi connectivity index (χ4n) is 4.95. The Morgan fingerprint density at radius 2 is 0.932 bits per heavy atom. The average molecular weight is 653 g/mol. The normalized spacial score (nSPS) is 15.8. The number of hydrogen-bond donors (Lipinski definition) is 0. The first-order chi connectivity index (χ1) is 21.4. The average Bonchev–Trinajstić information content (AvgIpc) is 3.94. The quantitative estimate of drug-likeness (QED) is 0.0659. The van der Waals surface area contributed by atoms with E-state index in [0.29, 0.717) is 39.1 Å². The van der Waals surface area contributed by atoms with Crippen LogP contribution >= 0.6 is 23.5 Å². The summed E-state index contributed by atoms with van der Waals surface area (Å²) in [7, 11) is 3.31. The summed E-state index contributed by atoms with van der Waals surface area (Å²) in [6.07, 6.45) is 18.3. The molecule has 2 amide bonds. The van der Waals surface area contributed by atoms with Gasteiger partial charge in [0.25, 0.3) is 0 Å². The van der Waals surface area contributed by atoms with Gasteiger partial charge in [0.05, 0.1) is 13.2 Å². The third-order valence-electron chi connectivity index (χ3n) is 8.31. The fraction of sp³-hybridized carbons (Fsp3) is 0.765. The number of thioether (sulfide) groups is 2. The van der Waals surface area contributed by atoms with E-state index in [1.54, 1.807) is 24.0 Å². The second kappa shape index (κ2) is 22.8. The Balaban J connectivity index is 1.59. The highest BCUT2D eigenvalue weighted by molar-refractivity contribution is 8.17. The van der Waals surface area contributed by atoms with E-state index in [2.05, 4.69) is 0 Å². The minimum atomic E-state index is 0.189. The van der Waals surface area contributed by atoms with Crippen LogP contribution in [0.4, 0.5) is 0 Å². The molecule has 0 aromatic heterocycles. The number of hydrogen-bond acceptors (Lipinski definition) is 8. The topological polar surface area (TPSA) is 93.2 Å². The van der Waals surface area contributed by atoms with E-state index in [1.165, 1.54) is 49.2 Å². The zero-order valence-electron chi connectivity index (χ0n) is 27.6. The van der Waals surface area contributed by atoms with Gasteiger partial charge in [-0.2, -0.15) is 0 Å². The lowest BCUT2D eigenvalue weighted by atomic mass is 10.1. The van der Waals surface area contributed by atoms with Gasteiger partial charge in [-0.05, 0) is 52.4 Å². The van der Waals surface area contributed by atoms with Crippen molar-refractivity contribution in [2.45, 2.75) is 117 Å². The first-order valence-corrected chi connectivity index (χ1v) is 18.2. The van der Waals surface area contributed by atoms with E-state index in [0.717, 1.165) is 98.2 Å². The molecule has 2 saturated carbocycles. The van der Waals surface area contributed by atoms with Crippen LogP contribution in [0.15, 0.2) is 21.2 Å². The van der Waals surface area contributed by atoms with Crippen LogP contribution in [0.2, 0.25) is 0 Å². The van der Waals surface area contributed by atoms with Crippen molar-refractivity contribution in [3.05, 3.63) is 21.2 Å². The first kappa shape index (κ1) is 38.6. The second-order valence-corrected chi connectivity index (χ2v) is 14.2. The zero-order valence-corrected chi connectivity index (χ0v) is 29.2. The van der Waals surface area contributed by atoms with Gasteiger partial charge in [-0.3, -0.25) is 19.2 Å². The number of carbonyl (C=O) groups is 4. The van der Waals surface area contributed by atoms with Crippen molar-refractivity contribution in [2.75, 3.05) is 40.5 Å². The highest BCUT2D eigenvalue weighted by Gasteiger charge is 2.32. The molecule has 0 bridgehead atoms. The molecule has 2 fully saturated rings. The molecule has 0 aromatic rings. The van der Waals surface area contributed by atoms with Crippen molar-refractivity contribution in [3.8, 4) is 0 Å². The fourth-order valence-corrected chi connectivity index (χ4v) is 7.14. The molecule has 2 aliphatic rings. The molecule has 2 aliphatic carbocycles. The van der Waals surface area contributed by atoms with Crippen molar-refractivity contribution in [1.82, 2.24) is 9.80 Å².